The predicted molar refractivity (Wildman–Crippen MR) is 88.7 cm³/mol. The van der Waals surface area contributed by atoms with Gasteiger partial charge in [-0.15, -0.1) is 0 Å². The van der Waals surface area contributed by atoms with Gasteiger partial charge >= 0.3 is 0 Å². The van der Waals surface area contributed by atoms with Gasteiger partial charge in [-0.1, -0.05) is 33.9 Å². The lowest BCUT2D eigenvalue weighted by Gasteiger charge is -2.36. The maximum atomic E-state index is 5.18. The second-order valence-corrected chi connectivity index (χ2v) is 16.5. The van der Waals surface area contributed by atoms with E-state index in [1.54, 1.807) is 0 Å². The van der Waals surface area contributed by atoms with Gasteiger partial charge in [0.1, 0.15) is 7.22 Å². The molecule has 0 bridgehead atoms. The molecule has 0 spiro atoms. The van der Waals surface area contributed by atoms with Crippen LogP contribution in [0.4, 0.5) is 0 Å². The topological polar surface area (TPSA) is 27.7 Å². The minimum Gasteiger partial charge on any atom is -0.427 e. The summed E-state index contributed by atoms with van der Waals surface area (Å²) in [7, 11) is 3.51. The molecule has 0 N–H and O–H groups in total. The highest BCUT2D eigenvalue weighted by molar-refractivity contribution is 8.29. The zero-order chi connectivity index (χ0) is 14.7. The summed E-state index contributed by atoms with van der Waals surface area (Å²) in [5.41, 5.74) is 0. The summed E-state index contributed by atoms with van der Waals surface area (Å²) in [6.07, 6.45) is 1.36. The fourth-order valence-corrected chi connectivity index (χ4v) is 6.55. The Morgan fingerprint density at radius 1 is 1.06 bits per heavy atom. The van der Waals surface area contributed by atoms with E-state index in [1.165, 1.54) is 32.4 Å². The summed E-state index contributed by atoms with van der Waals surface area (Å²) in [4.78, 5) is 8.08. The van der Waals surface area contributed by atoms with Crippen LogP contribution in [0.3, 0.4) is 0 Å². The van der Waals surface area contributed by atoms with Gasteiger partial charge < -0.3 is 4.43 Å². The number of hydrogen-bond acceptors (Lipinski definition) is 4. The van der Waals surface area contributed by atoms with E-state index >= 15 is 0 Å². The van der Waals surface area contributed by atoms with E-state index in [0.717, 1.165) is 0 Å². The lowest BCUT2D eigenvalue weighted by molar-refractivity contribution is -0.248. The van der Waals surface area contributed by atoms with Crippen molar-refractivity contribution >= 4 is 28.2 Å². The largest absolute Gasteiger partial charge is 0.427 e. The molecule has 0 aliphatic heterocycles. The van der Waals surface area contributed by atoms with E-state index in [0.29, 0.717) is 5.04 Å². The van der Waals surface area contributed by atoms with Crippen LogP contribution in [0.25, 0.3) is 0 Å². The summed E-state index contributed by atoms with van der Waals surface area (Å²) < 4.78 is 5.18. The van der Waals surface area contributed by atoms with Crippen LogP contribution >= 0.6 is 11.2 Å². The highest BCUT2D eigenvalue weighted by atomic mass is 32.4. The average molecular weight is 313 g/mol. The van der Waals surface area contributed by atoms with Gasteiger partial charge in [-0.2, -0.15) is 11.2 Å². The molecule has 18 heavy (non-hydrogen) atoms. The van der Waals surface area contributed by atoms with Crippen molar-refractivity contribution in [2.24, 2.45) is 0 Å². The molecule has 0 unspecified atom stereocenters. The van der Waals surface area contributed by atoms with Gasteiger partial charge in [-0.05, 0) is 23.3 Å². The van der Waals surface area contributed by atoms with Crippen LogP contribution in [0.15, 0.2) is 0 Å². The molecule has 6 heteroatoms. The van der Waals surface area contributed by atoms with Crippen LogP contribution in [-0.4, -0.2) is 44.1 Å². The molecule has 0 rings (SSSR count). The molecule has 0 amide bonds. The Balaban J connectivity index is 0. The van der Waals surface area contributed by atoms with Crippen LogP contribution in [0, 0.1) is 0 Å². The zero-order valence-electron chi connectivity index (χ0n) is 13.5. The van der Waals surface area contributed by atoms with Gasteiger partial charge in [0, 0.05) is 7.11 Å². The highest BCUT2D eigenvalue weighted by Gasteiger charge is 2.35. The molecule has 0 heterocycles. The van der Waals surface area contributed by atoms with Gasteiger partial charge in [-0.3, -0.25) is 0 Å². The Morgan fingerprint density at radius 3 is 1.89 bits per heavy atom. The number of hydrogen-bond donors (Lipinski definition) is 0. The van der Waals surface area contributed by atoms with Gasteiger partial charge in [0.15, 0.2) is 9.76 Å². The minimum absolute atomic E-state index is 0.174. The van der Waals surface area contributed by atoms with Crippen LogP contribution in [-0.2, 0) is 14.2 Å². The third-order valence-electron chi connectivity index (χ3n) is 3.18. The molecule has 0 fully saturated rings. The maximum Gasteiger partial charge on any atom is 0.161 e. The summed E-state index contributed by atoms with van der Waals surface area (Å²) in [5.74, 6) is 1.34. The Bertz CT molecular complexity index is 183. The number of rotatable bonds is 7. The minimum atomic E-state index is -1.07. The fraction of sp³-hybridized carbons (Fsp3) is 1.00. The van der Waals surface area contributed by atoms with Crippen LogP contribution < -0.4 is 0 Å². The van der Waals surface area contributed by atoms with Gasteiger partial charge in [0.2, 0.25) is 0 Å². The Hall–Kier alpha value is 0.664. The maximum absolute atomic E-state index is 5.18. The average Bonchev–Trinajstić information content (AvgIpc) is 2.27. The molecule has 112 valence electrons. The van der Waals surface area contributed by atoms with Gasteiger partial charge in [0.05, 0.1) is 14.2 Å². The molecule has 0 radical (unpaired) electrons. The molecule has 0 aliphatic carbocycles. The summed E-state index contributed by atoms with van der Waals surface area (Å²) in [6, 6.07) is 1.35. The van der Waals surface area contributed by atoms with Crippen molar-refractivity contribution in [2.45, 2.75) is 51.4 Å². The summed E-state index contributed by atoms with van der Waals surface area (Å²) >= 11 is 2.24. The molecule has 0 saturated heterocycles. The standard InChI is InChI=1S/C10H26OSSi2.C2H6O2/c1-10(2,3)14(5,6)12-8-7-9-13-11-4;1-3-4-2/h7-9,13H2,1-6H3;1-2H3. The first-order valence-corrected chi connectivity index (χ1v) is 12.7. The van der Waals surface area contributed by atoms with Crippen molar-refractivity contribution in [3.05, 3.63) is 0 Å². The Morgan fingerprint density at radius 2 is 1.56 bits per heavy atom. The smallest absolute Gasteiger partial charge is 0.161 e. The van der Waals surface area contributed by atoms with Crippen LogP contribution in [0.5, 0.6) is 0 Å². The molecule has 0 atom stereocenters. The molecule has 3 nitrogen and oxygen atoms in total. The normalized spacial score (nSPS) is 12.7. The molecule has 0 aromatic carbocycles. The molecule has 0 saturated carbocycles. The second kappa shape index (κ2) is 11.5. The first-order valence-electron chi connectivity index (χ1n) is 6.42. The molecular weight excluding hydrogens is 280 g/mol. The molecular formula is C12H32O3SSi2. The zero-order valence-corrected chi connectivity index (χ0v) is 16.7. The van der Waals surface area contributed by atoms with E-state index in [9.17, 15) is 0 Å². The van der Waals surface area contributed by atoms with Crippen LogP contribution in [0.1, 0.15) is 27.2 Å². The highest BCUT2D eigenvalue weighted by Crippen LogP contribution is 2.43. The lowest BCUT2D eigenvalue weighted by atomic mass is 10.2. The van der Waals surface area contributed by atoms with Gasteiger partial charge in [-0.25, -0.2) is 9.78 Å². The first kappa shape index (κ1) is 21.0. The predicted octanol–water partition coefficient (Wildman–Crippen LogP) is 3.46. The SMILES string of the molecule is COOC.CO[SiH2]CCCS[Si](C)(C)C(C)(C)C. The van der Waals surface area contributed by atoms with Crippen molar-refractivity contribution in [2.75, 3.05) is 27.1 Å². The third kappa shape index (κ3) is 11.7. The van der Waals surface area contributed by atoms with E-state index < -0.39 is 7.22 Å². The van der Waals surface area contributed by atoms with Crippen molar-refractivity contribution in [3.63, 3.8) is 0 Å². The fourth-order valence-electron chi connectivity index (χ4n) is 0.892. The van der Waals surface area contributed by atoms with Crippen molar-refractivity contribution in [1.29, 1.82) is 0 Å². The van der Waals surface area contributed by atoms with E-state index in [4.69, 9.17) is 4.43 Å². The molecule has 0 aliphatic rings. The lowest BCUT2D eigenvalue weighted by Crippen LogP contribution is -2.33. The molecule has 0 aromatic heterocycles. The van der Waals surface area contributed by atoms with Crippen LogP contribution in [0.2, 0.25) is 24.2 Å². The first-order chi connectivity index (χ1) is 8.22. The second-order valence-electron chi connectivity index (χ2n) is 5.64. The van der Waals surface area contributed by atoms with Crippen molar-refractivity contribution < 1.29 is 14.2 Å². The summed E-state index contributed by atoms with van der Waals surface area (Å²) in [5, 5.41) is 0.524. The van der Waals surface area contributed by atoms with Gasteiger partial charge in [0.25, 0.3) is 0 Å². The van der Waals surface area contributed by atoms with Crippen molar-refractivity contribution in [3.8, 4) is 0 Å². The quantitative estimate of drug-likeness (QED) is 0.311. The van der Waals surface area contributed by atoms with E-state index in [-0.39, 0.29) is 9.76 Å². The monoisotopic (exact) mass is 312 g/mol. The molecule has 0 aromatic rings. The Labute approximate surface area is 121 Å². The summed E-state index contributed by atoms with van der Waals surface area (Å²) in [6.45, 7) is 12.1. The van der Waals surface area contributed by atoms with E-state index in [1.807, 2.05) is 7.11 Å². The Kier molecular flexibility index (Phi) is 13.4. The van der Waals surface area contributed by atoms with Crippen molar-refractivity contribution in [1.82, 2.24) is 0 Å². The van der Waals surface area contributed by atoms with E-state index in [2.05, 4.69) is 54.9 Å². The third-order valence-corrected chi connectivity index (χ3v) is 13.8.